The van der Waals surface area contributed by atoms with Crippen LogP contribution in [0.5, 0.6) is 34.5 Å². The summed E-state index contributed by atoms with van der Waals surface area (Å²) in [6, 6.07) is 5.75. The Morgan fingerprint density at radius 2 is 0.943 bits per heavy atom. The zero-order chi connectivity index (χ0) is 26.0. The first-order valence-electron chi connectivity index (χ1n) is 9.91. The summed E-state index contributed by atoms with van der Waals surface area (Å²) in [7, 11) is 8.32. The predicted molar refractivity (Wildman–Crippen MR) is 118 cm³/mol. The number of rotatable bonds is 13. The van der Waals surface area contributed by atoms with E-state index in [1.807, 2.05) is 0 Å². The lowest BCUT2D eigenvalue weighted by Crippen LogP contribution is -2.16. The first-order chi connectivity index (χ1) is 16.9. The second-order valence-corrected chi connectivity index (χ2v) is 6.29. The third-order valence-corrected chi connectivity index (χ3v) is 4.47. The SMILES string of the molecule is [CH2]C[C](OOC(=O)c1ccc(OC)c(OC)c1OC)OOC(=O)c1ccc(OC)c(OC)c1OC. The van der Waals surface area contributed by atoms with Gasteiger partial charge >= 0.3 is 18.2 Å². The van der Waals surface area contributed by atoms with Crippen LogP contribution < -0.4 is 28.4 Å². The Morgan fingerprint density at radius 1 is 0.571 bits per heavy atom. The molecule has 0 heterocycles. The Bertz CT molecular complexity index is 941. The molecule has 0 bridgehead atoms. The summed E-state index contributed by atoms with van der Waals surface area (Å²) in [5.74, 6) is -0.746. The molecule has 2 aromatic carbocycles. The van der Waals surface area contributed by atoms with Crippen molar-refractivity contribution in [2.45, 2.75) is 6.42 Å². The van der Waals surface area contributed by atoms with Crippen molar-refractivity contribution in [2.75, 3.05) is 42.7 Å². The van der Waals surface area contributed by atoms with Crippen LogP contribution in [-0.2, 0) is 19.6 Å². The van der Waals surface area contributed by atoms with Crippen LogP contribution in [0.2, 0.25) is 0 Å². The number of carbonyl (C=O) groups excluding carboxylic acids is 2. The van der Waals surface area contributed by atoms with E-state index in [1.165, 1.54) is 66.9 Å². The maximum absolute atomic E-state index is 12.5. The molecule has 0 aliphatic heterocycles. The molecule has 0 amide bonds. The molecule has 2 aromatic rings. The van der Waals surface area contributed by atoms with Crippen LogP contribution in [0.4, 0.5) is 0 Å². The summed E-state index contributed by atoms with van der Waals surface area (Å²) in [5, 5.41) is 0. The molecule has 0 saturated heterocycles. The summed E-state index contributed by atoms with van der Waals surface area (Å²) in [6.07, 6.45) is -0.599. The standard InChI is InChI=1S/C23H26O12/c1-8-17(32-34-22(24)13-9-11-15(26-2)20(30-6)18(13)28-4)33-35-23(25)14-10-12-16(27-3)21(31-7)19(14)29-5/h9-12H,1,8H2,2-7H3. The molecule has 0 atom stereocenters. The molecule has 12 heteroatoms. The van der Waals surface area contributed by atoms with Crippen molar-refractivity contribution >= 4 is 11.9 Å². The zero-order valence-corrected chi connectivity index (χ0v) is 20.1. The third-order valence-electron chi connectivity index (χ3n) is 4.47. The van der Waals surface area contributed by atoms with Crippen LogP contribution in [0, 0.1) is 13.2 Å². The van der Waals surface area contributed by atoms with Crippen LogP contribution in [0.1, 0.15) is 27.1 Å². The van der Waals surface area contributed by atoms with Gasteiger partial charge in [-0.3, -0.25) is 9.78 Å². The van der Waals surface area contributed by atoms with E-state index in [9.17, 15) is 9.59 Å². The monoisotopic (exact) mass is 494 g/mol. The molecule has 0 fully saturated rings. The fourth-order valence-electron chi connectivity index (χ4n) is 2.88. The van der Waals surface area contributed by atoms with Crippen LogP contribution in [-0.4, -0.2) is 54.6 Å². The molecule has 0 saturated carbocycles. The van der Waals surface area contributed by atoms with Crippen LogP contribution >= 0.6 is 0 Å². The van der Waals surface area contributed by atoms with Gasteiger partial charge in [0.2, 0.25) is 11.5 Å². The van der Waals surface area contributed by atoms with E-state index in [-0.39, 0.29) is 40.5 Å². The van der Waals surface area contributed by atoms with Gasteiger partial charge in [-0.05, 0) is 31.2 Å². The van der Waals surface area contributed by atoms with Gasteiger partial charge in [0.05, 0.1) is 42.7 Å². The summed E-state index contributed by atoms with van der Waals surface area (Å²) in [4.78, 5) is 44.3. The van der Waals surface area contributed by atoms with E-state index in [0.29, 0.717) is 11.5 Å². The molecular formula is C23H26O12. The summed E-state index contributed by atoms with van der Waals surface area (Å²) >= 11 is 0. The summed E-state index contributed by atoms with van der Waals surface area (Å²) in [5.41, 5.74) is -0.0544. The summed E-state index contributed by atoms with van der Waals surface area (Å²) in [6.45, 7) is 3.56. The first-order valence-corrected chi connectivity index (χ1v) is 9.91. The van der Waals surface area contributed by atoms with Gasteiger partial charge in [-0.2, -0.15) is 0 Å². The van der Waals surface area contributed by atoms with Gasteiger partial charge in [-0.1, -0.05) is 0 Å². The van der Waals surface area contributed by atoms with Crippen molar-refractivity contribution in [3.63, 3.8) is 0 Å². The van der Waals surface area contributed by atoms with Crippen molar-refractivity contribution < 1.29 is 57.6 Å². The second-order valence-electron chi connectivity index (χ2n) is 6.29. The molecular weight excluding hydrogens is 468 g/mol. The van der Waals surface area contributed by atoms with Gasteiger partial charge in [0.25, 0.3) is 0 Å². The highest BCUT2D eigenvalue weighted by atomic mass is 17.3. The number of benzene rings is 2. The average molecular weight is 494 g/mol. The fourth-order valence-corrected chi connectivity index (χ4v) is 2.88. The molecule has 0 aliphatic carbocycles. The Morgan fingerprint density at radius 3 is 1.23 bits per heavy atom. The molecule has 0 aliphatic rings. The Kier molecular flexibility index (Phi) is 10.2. The van der Waals surface area contributed by atoms with Gasteiger partial charge < -0.3 is 28.4 Å². The van der Waals surface area contributed by atoms with Crippen molar-refractivity contribution in [3.8, 4) is 34.5 Å². The van der Waals surface area contributed by atoms with E-state index in [0.717, 1.165) is 0 Å². The van der Waals surface area contributed by atoms with E-state index < -0.39 is 18.2 Å². The minimum absolute atomic E-state index is 0.0272. The highest BCUT2D eigenvalue weighted by Gasteiger charge is 2.27. The van der Waals surface area contributed by atoms with Crippen LogP contribution in [0.25, 0.3) is 0 Å². The lowest BCUT2D eigenvalue weighted by molar-refractivity contribution is -0.362. The van der Waals surface area contributed by atoms with Crippen LogP contribution in [0.15, 0.2) is 24.3 Å². The minimum atomic E-state index is -0.953. The predicted octanol–water partition coefficient (Wildman–Crippen LogP) is 3.33. The highest BCUT2D eigenvalue weighted by Crippen LogP contribution is 2.41. The normalized spacial score (nSPS) is 10.4. The van der Waals surface area contributed by atoms with E-state index in [2.05, 4.69) is 6.92 Å². The largest absolute Gasteiger partial charge is 0.493 e. The summed E-state index contributed by atoms with van der Waals surface area (Å²) < 4.78 is 31.3. The average Bonchev–Trinajstić information content (AvgIpc) is 2.90. The smallest absolute Gasteiger partial charge is 0.377 e. The molecule has 0 aromatic heterocycles. The molecule has 35 heavy (non-hydrogen) atoms. The molecule has 12 nitrogen and oxygen atoms in total. The maximum atomic E-state index is 12.5. The van der Waals surface area contributed by atoms with Gasteiger partial charge in [-0.25, -0.2) is 9.59 Å². The number of methoxy groups -OCH3 is 6. The van der Waals surface area contributed by atoms with Crippen molar-refractivity contribution in [2.24, 2.45) is 0 Å². The van der Waals surface area contributed by atoms with Gasteiger partial charge in [0, 0.05) is 6.42 Å². The lowest BCUT2D eigenvalue weighted by atomic mass is 10.1. The molecule has 0 N–H and O–H groups in total. The maximum Gasteiger partial charge on any atom is 0.377 e. The van der Waals surface area contributed by atoms with Gasteiger partial charge in [0.15, 0.2) is 23.0 Å². The third kappa shape index (κ3) is 6.16. The molecule has 0 unspecified atom stereocenters. The zero-order valence-electron chi connectivity index (χ0n) is 20.1. The van der Waals surface area contributed by atoms with E-state index in [4.69, 9.17) is 48.0 Å². The van der Waals surface area contributed by atoms with E-state index >= 15 is 0 Å². The Labute approximate surface area is 202 Å². The molecule has 2 rings (SSSR count). The van der Waals surface area contributed by atoms with Crippen molar-refractivity contribution in [1.82, 2.24) is 0 Å². The van der Waals surface area contributed by atoms with E-state index in [1.54, 1.807) is 0 Å². The number of ether oxygens (including phenoxy) is 6. The molecule has 0 spiro atoms. The number of hydrogen-bond acceptors (Lipinski definition) is 12. The lowest BCUT2D eigenvalue weighted by Gasteiger charge is -2.16. The van der Waals surface area contributed by atoms with Crippen molar-refractivity contribution in [1.29, 1.82) is 0 Å². The molecule has 190 valence electrons. The van der Waals surface area contributed by atoms with Crippen molar-refractivity contribution in [3.05, 3.63) is 48.6 Å². The van der Waals surface area contributed by atoms with Gasteiger partial charge in [-0.15, -0.1) is 9.78 Å². The van der Waals surface area contributed by atoms with Gasteiger partial charge in [0.1, 0.15) is 11.1 Å². The molecule has 2 radical (unpaired) electrons. The Balaban J connectivity index is 2.08. The first kappa shape index (κ1) is 27.3. The Hall–Kier alpha value is -3.90. The minimum Gasteiger partial charge on any atom is -0.493 e. The highest BCUT2D eigenvalue weighted by molar-refractivity contribution is 5.94. The topological polar surface area (TPSA) is 126 Å². The number of hydrogen-bond donors (Lipinski definition) is 0. The fraction of sp³-hybridized carbons (Fsp3) is 0.304. The number of carbonyl (C=O) groups is 2. The quantitative estimate of drug-likeness (QED) is 0.299. The second kappa shape index (κ2) is 13.1. The van der Waals surface area contributed by atoms with Crippen LogP contribution in [0.3, 0.4) is 0 Å².